The summed E-state index contributed by atoms with van der Waals surface area (Å²) in [5.74, 6) is -0.331. The number of rotatable bonds is 8. The molecule has 1 unspecified atom stereocenters. The van der Waals surface area contributed by atoms with E-state index in [-0.39, 0.29) is 28.5 Å². The smallest absolute Gasteiger partial charge is 0.243 e. The van der Waals surface area contributed by atoms with Crippen LogP contribution in [0.4, 0.5) is 5.69 Å². The van der Waals surface area contributed by atoms with E-state index in [9.17, 15) is 18.0 Å². The van der Waals surface area contributed by atoms with E-state index < -0.39 is 10.0 Å². The zero-order chi connectivity index (χ0) is 23.3. The van der Waals surface area contributed by atoms with Crippen molar-refractivity contribution in [3.8, 4) is 0 Å². The molecule has 32 heavy (non-hydrogen) atoms. The minimum absolute atomic E-state index is 0.0267. The molecule has 1 amide bonds. The van der Waals surface area contributed by atoms with Crippen molar-refractivity contribution >= 4 is 27.4 Å². The first-order chi connectivity index (χ1) is 15.2. The first-order valence-corrected chi connectivity index (χ1v) is 12.3. The zero-order valence-electron chi connectivity index (χ0n) is 18.8. The second kappa shape index (κ2) is 10.3. The van der Waals surface area contributed by atoms with Gasteiger partial charge in [-0.1, -0.05) is 30.3 Å². The van der Waals surface area contributed by atoms with Crippen LogP contribution in [-0.4, -0.2) is 57.1 Å². The molecule has 1 aliphatic heterocycles. The minimum atomic E-state index is -3.64. The molecule has 2 aromatic carbocycles. The molecule has 1 heterocycles. The van der Waals surface area contributed by atoms with Gasteiger partial charge in [-0.2, -0.15) is 4.31 Å². The fourth-order valence-corrected chi connectivity index (χ4v) is 5.29. The molecule has 0 spiro atoms. The topological polar surface area (TPSA) is 86.8 Å². The van der Waals surface area contributed by atoms with Gasteiger partial charge >= 0.3 is 0 Å². The summed E-state index contributed by atoms with van der Waals surface area (Å²) in [6.45, 7) is 4.62. The molecule has 1 N–H and O–H groups in total. The molecule has 2 aromatic rings. The van der Waals surface area contributed by atoms with Crippen LogP contribution in [0.15, 0.2) is 59.5 Å². The predicted octanol–water partition coefficient (Wildman–Crippen LogP) is 2.93. The van der Waals surface area contributed by atoms with Crippen LogP contribution in [0.3, 0.4) is 0 Å². The van der Waals surface area contributed by atoms with Crippen LogP contribution < -0.4 is 10.2 Å². The summed E-state index contributed by atoms with van der Waals surface area (Å²) in [4.78, 5) is 26.4. The van der Waals surface area contributed by atoms with Gasteiger partial charge in [-0.25, -0.2) is 8.42 Å². The summed E-state index contributed by atoms with van der Waals surface area (Å²) in [6.07, 6.45) is 0.971. The van der Waals surface area contributed by atoms with E-state index in [0.29, 0.717) is 38.0 Å². The fraction of sp³-hybridized carbons (Fsp3) is 0.417. The third-order valence-electron chi connectivity index (χ3n) is 6.12. The van der Waals surface area contributed by atoms with Gasteiger partial charge in [0.1, 0.15) is 0 Å². The van der Waals surface area contributed by atoms with Gasteiger partial charge in [0.05, 0.1) is 4.90 Å². The highest BCUT2D eigenvalue weighted by molar-refractivity contribution is 7.89. The van der Waals surface area contributed by atoms with E-state index in [0.717, 1.165) is 5.69 Å². The molecule has 0 bridgehead atoms. The Balaban J connectivity index is 1.51. The number of nitrogens with zero attached hydrogens (tertiary/aromatic N) is 2. The van der Waals surface area contributed by atoms with Crippen LogP contribution >= 0.6 is 0 Å². The summed E-state index contributed by atoms with van der Waals surface area (Å²) in [5, 5.41) is 3.02. The second-order valence-corrected chi connectivity index (χ2v) is 10.2. The van der Waals surface area contributed by atoms with E-state index in [4.69, 9.17) is 0 Å². The lowest BCUT2D eigenvalue weighted by molar-refractivity contribution is -0.126. The van der Waals surface area contributed by atoms with Gasteiger partial charge in [0.2, 0.25) is 15.9 Å². The SMILES string of the molecule is CC(=O)c1ccc(S(=O)(=O)N2CCC(C(=O)NCC(C)N(C)c3ccccc3)CC2)cc1. The summed E-state index contributed by atoms with van der Waals surface area (Å²) >= 11 is 0. The molecule has 0 aromatic heterocycles. The lowest BCUT2D eigenvalue weighted by Gasteiger charge is -2.31. The third kappa shape index (κ3) is 5.55. The van der Waals surface area contributed by atoms with Crippen LogP contribution in [0.25, 0.3) is 0 Å². The van der Waals surface area contributed by atoms with Crippen LogP contribution in [0.5, 0.6) is 0 Å². The number of amides is 1. The third-order valence-corrected chi connectivity index (χ3v) is 8.03. The number of Topliss-reactive ketones (excluding diaryl/α,β-unsaturated/α-hetero) is 1. The Kier molecular flexibility index (Phi) is 7.69. The predicted molar refractivity (Wildman–Crippen MR) is 125 cm³/mol. The number of para-hydroxylation sites is 1. The van der Waals surface area contributed by atoms with Gasteiger partial charge in [0.25, 0.3) is 0 Å². The lowest BCUT2D eigenvalue weighted by atomic mass is 9.97. The standard InChI is InChI=1S/C24H31N3O4S/c1-18(26(3)22-7-5-4-6-8-22)17-25-24(29)21-13-15-27(16-14-21)32(30,31)23-11-9-20(10-12-23)19(2)28/h4-12,18,21H,13-17H2,1-3H3,(H,25,29). The van der Waals surface area contributed by atoms with Gasteiger partial charge in [-0.3, -0.25) is 9.59 Å². The molecule has 7 nitrogen and oxygen atoms in total. The van der Waals surface area contributed by atoms with Gasteiger partial charge in [-0.15, -0.1) is 0 Å². The maximum atomic E-state index is 12.9. The number of anilines is 1. The normalized spacial score (nSPS) is 16.3. The van der Waals surface area contributed by atoms with Crippen LogP contribution in [0.1, 0.15) is 37.0 Å². The Morgan fingerprint density at radius 1 is 1.06 bits per heavy atom. The Hall–Kier alpha value is -2.71. The summed E-state index contributed by atoms with van der Waals surface area (Å²) in [5.41, 5.74) is 1.57. The number of ketones is 1. The quantitative estimate of drug-likeness (QED) is 0.616. The summed E-state index contributed by atoms with van der Waals surface area (Å²) < 4.78 is 27.2. The van der Waals surface area contributed by atoms with Crippen molar-refractivity contribution in [3.05, 3.63) is 60.2 Å². The monoisotopic (exact) mass is 457 g/mol. The molecule has 172 valence electrons. The Morgan fingerprint density at radius 2 is 1.66 bits per heavy atom. The van der Waals surface area contributed by atoms with Crippen molar-refractivity contribution < 1.29 is 18.0 Å². The highest BCUT2D eigenvalue weighted by Gasteiger charge is 2.32. The van der Waals surface area contributed by atoms with E-state index >= 15 is 0 Å². The highest BCUT2D eigenvalue weighted by Crippen LogP contribution is 2.24. The summed E-state index contributed by atoms with van der Waals surface area (Å²) in [7, 11) is -1.64. The van der Waals surface area contributed by atoms with Crippen molar-refractivity contribution in [2.24, 2.45) is 5.92 Å². The summed E-state index contributed by atoms with van der Waals surface area (Å²) in [6, 6.07) is 16.1. The molecule has 1 aliphatic rings. The maximum Gasteiger partial charge on any atom is 0.243 e. The number of piperidine rings is 1. The molecule has 3 rings (SSSR count). The lowest BCUT2D eigenvalue weighted by Crippen LogP contribution is -2.46. The molecule has 1 saturated heterocycles. The van der Waals surface area contributed by atoms with Crippen LogP contribution in [0, 0.1) is 5.92 Å². The van der Waals surface area contributed by atoms with E-state index in [1.54, 1.807) is 0 Å². The molecule has 1 atom stereocenters. The first kappa shape index (κ1) is 23.9. The van der Waals surface area contributed by atoms with Gasteiger partial charge in [0.15, 0.2) is 5.78 Å². The molecular formula is C24H31N3O4S. The van der Waals surface area contributed by atoms with Crippen molar-refractivity contribution in [2.45, 2.75) is 37.6 Å². The number of hydrogen-bond acceptors (Lipinski definition) is 5. The van der Waals surface area contributed by atoms with Crippen molar-refractivity contribution in [2.75, 3.05) is 31.6 Å². The van der Waals surface area contributed by atoms with Crippen LogP contribution in [0.2, 0.25) is 0 Å². The average molecular weight is 458 g/mol. The largest absolute Gasteiger partial charge is 0.370 e. The van der Waals surface area contributed by atoms with Crippen LogP contribution in [-0.2, 0) is 14.8 Å². The van der Waals surface area contributed by atoms with Crippen molar-refractivity contribution in [1.29, 1.82) is 0 Å². The zero-order valence-corrected chi connectivity index (χ0v) is 19.6. The molecule has 1 fully saturated rings. The van der Waals surface area contributed by atoms with E-state index in [1.807, 2.05) is 37.4 Å². The number of nitrogens with one attached hydrogen (secondary N) is 1. The molecule has 8 heteroatoms. The number of carbonyl (C=O) groups excluding carboxylic acids is 2. The Bertz CT molecular complexity index is 1030. The van der Waals surface area contributed by atoms with Crippen molar-refractivity contribution in [3.63, 3.8) is 0 Å². The van der Waals surface area contributed by atoms with Gasteiger partial charge < -0.3 is 10.2 Å². The first-order valence-electron chi connectivity index (χ1n) is 10.9. The molecular weight excluding hydrogens is 426 g/mol. The average Bonchev–Trinajstić information content (AvgIpc) is 2.82. The molecule has 0 radical (unpaired) electrons. The Labute approximate surface area is 190 Å². The molecule has 0 saturated carbocycles. The van der Waals surface area contributed by atoms with E-state index in [1.165, 1.54) is 35.5 Å². The van der Waals surface area contributed by atoms with E-state index in [2.05, 4.69) is 17.1 Å². The number of sulfonamides is 1. The van der Waals surface area contributed by atoms with Gasteiger partial charge in [-0.05, 0) is 51.0 Å². The maximum absolute atomic E-state index is 12.9. The highest BCUT2D eigenvalue weighted by atomic mass is 32.2. The Morgan fingerprint density at radius 3 is 2.22 bits per heavy atom. The number of hydrogen-bond donors (Lipinski definition) is 1. The number of carbonyl (C=O) groups is 2. The fourth-order valence-electron chi connectivity index (χ4n) is 3.82. The minimum Gasteiger partial charge on any atom is -0.370 e. The number of likely N-dealkylation sites (N-methyl/N-ethyl adjacent to an activating group) is 1. The number of benzene rings is 2. The second-order valence-electron chi connectivity index (χ2n) is 8.30. The van der Waals surface area contributed by atoms with Gasteiger partial charge in [0, 0.05) is 49.9 Å². The molecule has 0 aliphatic carbocycles. The van der Waals surface area contributed by atoms with Crippen molar-refractivity contribution in [1.82, 2.24) is 9.62 Å².